The van der Waals surface area contributed by atoms with Gasteiger partial charge in [0, 0.05) is 16.7 Å². The zero-order chi connectivity index (χ0) is 9.19. The molecule has 2 N–H and O–H groups in total. The van der Waals surface area contributed by atoms with Gasteiger partial charge in [-0.1, -0.05) is 19.8 Å². The minimum atomic E-state index is 0.111. The molecule has 0 radical (unpaired) electrons. The molecule has 12 heavy (non-hydrogen) atoms. The zero-order valence-corrected chi connectivity index (χ0v) is 7.85. The number of rotatable bonds is 1. The molecule has 1 rings (SSSR count). The van der Waals surface area contributed by atoms with E-state index < -0.39 is 0 Å². The normalized spacial score (nSPS) is 23.1. The van der Waals surface area contributed by atoms with Crippen LogP contribution in [-0.2, 0) is 0 Å². The van der Waals surface area contributed by atoms with E-state index in [-0.39, 0.29) is 5.41 Å². The summed E-state index contributed by atoms with van der Waals surface area (Å²) in [6.07, 6.45) is 4.77. The van der Waals surface area contributed by atoms with E-state index in [2.05, 4.69) is 13.0 Å². The highest BCUT2D eigenvalue weighted by atomic mass is 14.7. The van der Waals surface area contributed by atoms with Gasteiger partial charge in [0.05, 0.1) is 6.07 Å². The van der Waals surface area contributed by atoms with Crippen molar-refractivity contribution in [1.29, 1.82) is 5.26 Å². The lowest BCUT2D eigenvalue weighted by atomic mass is 9.83. The Labute approximate surface area is 74.1 Å². The molecule has 1 aliphatic carbocycles. The average Bonchev–Trinajstić information content (AvgIpc) is 2.50. The predicted molar refractivity (Wildman–Crippen MR) is 49.1 cm³/mol. The first kappa shape index (κ1) is 9.12. The lowest BCUT2D eigenvalue weighted by Gasteiger charge is -2.24. The van der Waals surface area contributed by atoms with Gasteiger partial charge in [-0.05, 0) is 19.8 Å². The highest BCUT2D eigenvalue weighted by Gasteiger charge is 2.32. The van der Waals surface area contributed by atoms with Gasteiger partial charge in [0.25, 0.3) is 0 Å². The SMILES string of the molecule is CC(C#N)=C(N)C1(C)CCCC1. The van der Waals surface area contributed by atoms with Gasteiger partial charge in [-0.3, -0.25) is 0 Å². The second-order valence-electron chi connectivity index (χ2n) is 3.92. The van der Waals surface area contributed by atoms with Crippen molar-refractivity contribution in [2.45, 2.75) is 39.5 Å². The van der Waals surface area contributed by atoms with Gasteiger partial charge in [0.2, 0.25) is 0 Å². The lowest BCUT2D eigenvalue weighted by molar-refractivity contribution is 0.406. The van der Waals surface area contributed by atoms with Crippen LogP contribution < -0.4 is 5.73 Å². The van der Waals surface area contributed by atoms with Crippen molar-refractivity contribution in [3.05, 3.63) is 11.3 Å². The molecule has 1 aliphatic rings. The molecular formula is C10H16N2. The first-order chi connectivity index (χ1) is 5.60. The number of nitriles is 1. The van der Waals surface area contributed by atoms with E-state index >= 15 is 0 Å². The van der Waals surface area contributed by atoms with E-state index in [0.717, 1.165) is 18.5 Å². The Kier molecular flexibility index (Phi) is 2.42. The summed E-state index contributed by atoms with van der Waals surface area (Å²) in [7, 11) is 0. The highest BCUT2D eigenvalue weighted by Crippen LogP contribution is 2.42. The van der Waals surface area contributed by atoms with Crippen molar-refractivity contribution < 1.29 is 0 Å². The first-order valence-corrected chi connectivity index (χ1v) is 4.47. The van der Waals surface area contributed by atoms with Gasteiger partial charge in [-0.25, -0.2) is 0 Å². The molecule has 0 aliphatic heterocycles. The Morgan fingerprint density at radius 3 is 2.33 bits per heavy atom. The van der Waals surface area contributed by atoms with Crippen LogP contribution in [0.3, 0.4) is 0 Å². The predicted octanol–water partition coefficient (Wildman–Crippen LogP) is 2.32. The minimum Gasteiger partial charge on any atom is -0.401 e. The van der Waals surface area contributed by atoms with Gasteiger partial charge in [-0.2, -0.15) is 5.26 Å². The summed E-state index contributed by atoms with van der Waals surface area (Å²) in [5.74, 6) is 0. The minimum absolute atomic E-state index is 0.111. The zero-order valence-electron chi connectivity index (χ0n) is 7.85. The van der Waals surface area contributed by atoms with Crippen LogP contribution in [0, 0.1) is 16.7 Å². The first-order valence-electron chi connectivity index (χ1n) is 4.47. The molecule has 0 aromatic rings. The maximum Gasteiger partial charge on any atom is 0.0962 e. The molecule has 0 heterocycles. The van der Waals surface area contributed by atoms with Gasteiger partial charge >= 0.3 is 0 Å². The fraction of sp³-hybridized carbons (Fsp3) is 0.700. The van der Waals surface area contributed by atoms with Crippen molar-refractivity contribution >= 4 is 0 Å². The Hall–Kier alpha value is -0.970. The molecule has 0 bridgehead atoms. The Morgan fingerprint density at radius 1 is 1.42 bits per heavy atom. The maximum atomic E-state index is 8.69. The van der Waals surface area contributed by atoms with E-state index in [9.17, 15) is 0 Å². The summed E-state index contributed by atoms with van der Waals surface area (Å²) >= 11 is 0. The molecule has 1 fully saturated rings. The standard InChI is InChI=1S/C10H16N2/c1-8(7-11)9(12)10(2)5-3-4-6-10/h3-6,12H2,1-2H3. The molecule has 0 aromatic heterocycles. The Balaban J connectivity index is 2.89. The fourth-order valence-electron chi connectivity index (χ4n) is 1.94. The third-order valence-electron chi connectivity index (χ3n) is 2.93. The quantitative estimate of drug-likeness (QED) is 0.605. The summed E-state index contributed by atoms with van der Waals surface area (Å²) < 4.78 is 0. The van der Waals surface area contributed by atoms with Crippen molar-refractivity contribution in [1.82, 2.24) is 0 Å². The third kappa shape index (κ3) is 1.45. The lowest BCUT2D eigenvalue weighted by Crippen LogP contribution is -2.22. The van der Waals surface area contributed by atoms with Crippen LogP contribution >= 0.6 is 0 Å². The van der Waals surface area contributed by atoms with Crippen molar-refractivity contribution in [2.75, 3.05) is 0 Å². The number of nitrogens with zero attached hydrogens (tertiary/aromatic N) is 1. The number of hydrogen-bond donors (Lipinski definition) is 1. The molecule has 0 aromatic carbocycles. The van der Waals surface area contributed by atoms with E-state index in [0.29, 0.717) is 5.57 Å². The molecular weight excluding hydrogens is 148 g/mol. The second kappa shape index (κ2) is 3.18. The van der Waals surface area contributed by atoms with Gasteiger partial charge in [0.15, 0.2) is 0 Å². The summed E-state index contributed by atoms with van der Waals surface area (Å²) in [5, 5.41) is 8.69. The summed E-state index contributed by atoms with van der Waals surface area (Å²) in [6.45, 7) is 3.97. The number of allylic oxidation sites excluding steroid dienone is 2. The fourth-order valence-corrected chi connectivity index (χ4v) is 1.94. The largest absolute Gasteiger partial charge is 0.401 e. The number of hydrogen-bond acceptors (Lipinski definition) is 2. The van der Waals surface area contributed by atoms with Crippen LogP contribution in [0.15, 0.2) is 11.3 Å². The van der Waals surface area contributed by atoms with Crippen LogP contribution in [0.1, 0.15) is 39.5 Å². The van der Waals surface area contributed by atoms with Gasteiger partial charge < -0.3 is 5.73 Å². The molecule has 66 valence electrons. The Morgan fingerprint density at radius 2 is 1.92 bits per heavy atom. The van der Waals surface area contributed by atoms with Gasteiger partial charge in [-0.15, -0.1) is 0 Å². The molecule has 0 unspecified atom stereocenters. The van der Waals surface area contributed by atoms with Crippen LogP contribution in [0.5, 0.6) is 0 Å². The smallest absolute Gasteiger partial charge is 0.0962 e. The number of nitrogens with two attached hydrogens (primary N) is 1. The van der Waals surface area contributed by atoms with E-state index in [1.165, 1.54) is 12.8 Å². The summed E-state index contributed by atoms with van der Waals surface area (Å²) in [6, 6.07) is 2.12. The molecule has 0 atom stereocenters. The third-order valence-corrected chi connectivity index (χ3v) is 2.93. The van der Waals surface area contributed by atoms with Crippen molar-refractivity contribution in [3.8, 4) is 6.07 Å². The van der Waals surface area contributed by atoms with Gasteiger partial charge in [0.1, 0.15) is 0 Å². The van der Waals surface area contributed by atoms with Crippen LogP contribution in [0.25, 0.3) is 0 Å². The van der Waals surface area contributed by atoms with E-state index in [1.54, 1.807) is 6.92 Å². The molecule has 1 saturated carbocycles. The monoisotopic (exact) mass is 164 g/mol. The van der Waals surface area contributed by atoms with Crippen LogP contribution in [0.2, 0.25) is 0 Å². The van der Waals surface area contributed by atoms with E-state index in [4.69, 9.17) is 11.0 Å². The molecule has 2 heteroatoms. The maximum absolute atomic E-state index is 8.69. The highest BCUT2D eigenvalue weighted by molar-refractivity contribution is 5.28. The van der Waals surface area contributed by atoms with Crippen molar-refractivity contribution in [3.63, 3.8) is 0 Å². The van der Waals surface area contributed by atoms with E-state index in [1.807, 2.05) is 0 Å². The second-order valence-corrected chi connectivity index (χ2v) is 3.92. The molecule has 0 spiro atoms. The average molecular weight is 164 g/mol. The Bertz CT molecular complexity index is 239. The molecule has 0 amide bonds. The summed E-state index contributed by atoms with van der Waals surface area (Å²) in [5.41, 5.74) is 7.54. The molecule has 0 saturated heterocycles. The topological polar surface area (TPSA) is 49.8 Å². The van der Waals surface area contributed by atoms with Crippen LogP contribution in [-0.4, -0.2) is 0 Å². The van der Waals surface area contributed by atoms with Crippen LogP contribution in [0.4, 0.5) is 0 Å². The molecule has 2 nitrogen and oxygen atoms in total. The van der Waals surface area contributed by atoms with Crippen molar-refractivity contribution in [2.24, 2.45) is 11.1 Å². The summed E-state index contributed by atoms with van der Waals surface area (Å²) in [4.78, 5) is 0.